The molecule has 2 aromatic rings. The fraction of sp³-hybridized carbons (Fsp3) is 0.231. The van der Waals surface area contributed by atoms with Gasteiger partial charge in [0.15, 0.2) is 0 Å². The summed E-state index contributed by atoms with van der Waals surface area (Å²) in [4.78, 5) is -0.00773. The average Bonchev–Trinajstić information content (AvgIpc) is 2.85. The molecule has 0 aliphatic rings. The Bertz CT molecular complexity index is 689. The molecule has 0 saturated carbocycles. The first kappa shape index (κ1) is 14.5. The zero-order valence-electron chi connectivity index (χ0n) is 10.9. The summed E-state index contributed by atoms with van der Waals surface area (Å²) in [5.41, 5.74) is 0.378. The van der Waals surface area contributed by atoms with Gasteiger partial charge in [0.1, 0.15) is 10.7 Å². The number of anilines is 1. The van der Waals surface area contributed by atoms with Crippen molar-refractivity contribution in [1.82, 2.24) is 4.57 Å². The van der Waals surface area contributed by atoms with Gasteiger partial charge in [-0.15, -0.1) is 0 Å². The van der Waals surface area contributed by atoms with Crippen LogP contribution in [0.2, 0.25) is 0 Å². The molecule has 0 bridgehead atoms. The van der Waals surface area contributed by atoms with Crippen molar-refractivity contribution < 1.29 is 17.9 Å². The predicted molar refractivity (Wildman–Crippen MR) is 73.2 cm³/mol. The molecule has 0 fully saturated rings. The number of halogens is 1. The van der Waals surface area contributed by atoms with Crippen molar-refractivity contribution in [3.8, 4) is 0 Å². The van der Waals surface area contributed by atoms with Gasteiger partial charge in [0, 0.05) is 18.4 Å². The van der Waals surface area contributed by atoms with Crippen LogP contribution in [0.1, 0.15) is 12.6 Å². The molecular formula is C13H15FN2O3S. The molecule has 0 aliphatic carbocycles. The van der Waals surface area contributed by atoms with E-state index in [9.17, 15) is 12.8 Å². The lowest BCUT2D eigenvalue weighted by atomic mass is 10.3. The van der Waals surface area contributed by atoms with Crippen LogP contribution in [0, 0.1) is 5.82 Å². The fourth-order valence-electron chi connectivity index (χ4n) is 1.85. The van der Waals surface area contributed by atoms with Gasteiger partial charge in [0.05, 0.1) is 12.3 Å². The van der Waals surface area contributed by atoms with Crippen LogP contribution in [0.5, 0.6) is 0 Å². The van der Waals surface area contributed by atoms with Gasteiger partial charge in [-0.1, -0.05) is 12.1 Å². The summed E-state index contributed by atoms with van der Waals surface area (Å²) in [6.45, 7) is 2.11. The number of nitrogens with zero attached hydrogens (tertiary/aromatic N) is 1. The van der Waals surface area contributed by atoms with Crippen LogP contribution in [0.4, 0.5) is 10.1 Å². The second-order valence-electron chi connectivity index (χ2n) is 4.20. The van der Waals surface area contributed by atoms with Gasteiger partial charge in [-0.2, -0.15) is 0 Å². The molecule has 1 aromatic heterocycles. The maximum Gasteiger partial charge on any atom is 0.263 e. The van der Waals surface area contributed by atoms with Gasteiger partial charge in [0.2, 0.25) is 0 Å². The number of nitrogens with one attached hydrogen (secondary N) is 1. The Morgan fingerprint density at radius 3 is 2.60 bits per heavy atom. The van der Waals surface area contributed by atoms with E-state index < -0.39 is 15.8 Å². The molecular weight excluding hydrogens is 283 g/mol. The molecule has 0 saturated heterocycles. The third-order valence-corrected chi connectivity index (χ3v) is 4.22. The summed E-state index contributed by atoms with van der Waals surface area (Å²) in [5.74, 6) is -0.645. The topological polar surface area (TPSA) is 71.3 Å². The van der Waals surface area contributed by atoms with Crippen LogP contribution in [0.15, 0.2) is 41.4 Å². The number of sulfonamides is 1. The number of benzene rings is 1. The fourth-order valence-corrected chi connectivity index (χ4v) is 2.98. The Labute approximate surface area is 116 Å². The summed E-state index contributed by atoms with van der Waals surface area (Å²) >= 11 is 0. The number of hydrogen-bond donors (Lipinski definition) is 2. The van der Waals surface area contributed by atoms with Crippen LogP contribution < -0.4 is 4.72 Å². The number of aryl methyl sites for hydroxylation is 1. The number of aliphatic hydroxyl groups is 1. The Morgan fingerprint density at radius 1 is 1.35 bits per heavy atom. The van der Waals surface area contributed by atoms with E-state index >= 15 is 0 Å². The summed E-state index contributed by atoms with van der Waals surface area (Å²) in [5, 5.41) is 9.17. The Hall–Kier alpha value is -1.86. The van der Waals surface area contributed by atoms with Gasteiger partial charge < -0.3 is 9.67 Å². The monoisotopic (exact) mass is 298 g/mol. The minimum Gasteiger partial charge on any atom is -0.390 e. The Morgan fingerprint density at radius 2 is 2.05 bits per heavy atom. The van der Waals surface area contributed by atoms with Crippen LogP contribution in [-0.2, 0) is 23.2 Å². The smallest absolute Gasteiger partial charge is 0.263 e. The lowest BCUT2D eigenvalue weighted by Gasteiger charge is -2.07. The first-order valence-electron chi connectivity index (χ1n) is 6.05. The van der Waals surface area contributed by atoms with Gasteiger partial charge in [-0.05, 0) is 25.1 Å². The van der Waals surface area contributed by atoms with E-state index in [4.69, 9.17) is 5.11 Å². The van der Waals surface area contributed by atoms with Gasteiger partial charge >= 0.3 is 0 Å². The maximum atomic E-state index is 13.5. The molecule has 0 radical (unpaired) electrons. The summed E-state index contributed by atoms with van der Waals surface area (Å²) < 4.78 is 41.7. The first-order chi connectivity index (χ1) is 9.47. The third-order valence-electron chi connectivity index (χ3n) is 2.89. The second kappa shape index (κ2) is 5.64. The molecule has 1 heterocycles. The maximum absolute atomic E-state index is 13.5. The molecule has 0 amide bonds. The van der Waals surface area contributed by atoms with E-state index in [1.807, 2.05) is 6.92 Å². The van der Waals surface area contributed by atoms with Gasteiger partial charge in [-0.3, -0.25) is 4.72 Å². The molecule has 20 heavy (non-hydrogen) atoms. The van der Waals surface area contributed by atoms with Crippen LogP contribution >= 0.6 is 0 Å². The van der Waals surface area contributed by atoms with E-state index in [1.54, 1.807) is 4.57 Å². The first-order valence-corrected chi connectivity index (χ1v) is 7.53. The summed E-state index contributed by atoms with van der Waals surface area (Å²) in [6.07, 6.45) is 1.41. The highest BCUT2D eigenvalue weighted by atomic mass is 32.2. The van der Waals surface area contributed by atoms with Crippen molar-refractivity contribution in [3.63, 3.8) is 0 Å². The van der Waals surface area contributed by atoms with Gasteiger partial charge in [-0.25, -0.2) is 12.8 Å². The van der Waals surface area contributed by atoms with E-state index in [0.29, 0.717) is 12.2 Å². The highest BCUT2D eigenvalue weighted by molar-refractivity contribution is 7.92. The number of aliphatic hydroxyl groups excluding tert-OH is 1. The van der Waals surface area contributed by atoms with E-state index in [0.717, 1.165) is 0 Å². The molecule has 7 heteroatoms. The lowest BCUT2D eigenvalue weighted by Crippen LogP contribution is -2.13. The number of para-hydroxylation sites is 1. The molecule has 0 spiro atoms. The molecule has 2 rings (SSSR count). The standard InChI is InChI=1S/C13H15FN2O3S/c1-2-16-8-11(7-10(16)9-17)20(18,19)15-13-6-4-3-5-12(13)14/h3-8,15,17H,2,9H2,1H3. The van der Waals surface area contributed by atoms with E-state index in [1.165, 1.54) is 36.5 Å². The van der Waals surface area contributed by atoms with E-state index in [2.05, 4.69) is 4.72 Å². The highest BCUT2D eigenvalue weighted by Crippen LogP contribution is 2.20. The second-order valence-corrected chi connectivity index (χ2v) is 5.88. The van der Waals surface area contributed by atoms with Crippen molar-refractivity contribution in [2.75, 3.05) is 4.72 Å². The highest BCUT2D eigenvalue weighted by Gasteiger charge is 2.19. The average molecular weight is 298 g/mol. The molecule has 5 nitrogen and oxygen atoms in total. The number of rotatable bonds is 5. The Balaban J connectivity index is 2.36. The lowest BCUT2D eigenvalue weighted by molar-refractivity contribution is 0.271. The SMILES string of the molecule is CCn1cc(S(=O)(=O)Nc2ccccc2F)cc1CO. The summed E-state index contributed by atoms with van der Waals surface area (Å²) in [7, 11) is -3.88. The molecule has 0 atom stereocenters. The van der Waals surface area contributed by atoms with Crippen LogP contribution in [0.25, 0.3) is 0 Å². The molecule has 2 N–H and O–H groups in total. The summed E-state index contributed by atoms with van der Waals surface area (Å²) in [6, 6.07) is 6.90. The largest absolute Gasteiger partial charge is 0.390 e. The minimum atomic E-state index is -3.88. The zero-order chi connectivity index (χ0) is 14.8. The van der Waals surface area contributed by atoms with Crippen molar-refractivity contribution >= 4 is 15.7 Å². The van der Waals surface area contributed by atoms with E-state index in [-0.39, 0.29) is 17.2 Å². The molecule has 1 aromatic carbocycles. The predicted octanol–water partition coefficient (Wildman–Crippen LogP) is 1.94. The van der Waals surface area contributed by atoms with Crippen molar-refractivity contribution in [3.05, 3.63) is 48.0 Å². The Kier molecular flexibility index (Phi) is 4.10. The minimum absolute atomic E-state index is 0.00773. The quantitative estimate of drug-likeness (QED) is 0.886. The van der Waals surface area contributed by atoms with Crippen molar-refractivity contribution in [2.24, 2.45) is 0 Å². The molecule has 108 valence electrons. The molecule has 0 aliphatic heterocycles. The normalized spacial score (nSPS) is 11.6. The van der Waals surface area contributed by atoms with Crippen molar-refractivity contribution in [2.45, 2.75) is 25.0 Å². The third kappa shape index (κ3) is 2.83. The zero-order valence-corrected chi connectivity index (χ0v) is 11.7. The van der Waals surface area contributed by atoms with Crippen molar-refractivity contribution in [1.29, 1.82) is 0 Å². The number of aromatic nitrogens is 1. The van der Waals surface area contributed by atoms with Crippen LogP contribution in [0.3, 0.4) is 0 Å². The number of hydrogen-bond acceptors (Lipinski definition) is 3. The molecule has 0 unspecified atom stereocenters. The van der Waals surface area contributed by atoms with Gasteiger partial charge in [0.25, 0.3) is 10.0 Å². The van der Waals surface area contributed by atoms with Crippen LogP contribution in [-0.4, -0.2) is 18.1 Å².